The van der Waals surface area contributed by atoms with E-state index in [0.29, 0.717) is 16.3 Å². The maximum atomic E-state index is 13.3. The van der Waals surface area contributed by atoms with Crippen molar-refractivity contribution in [1.29, 1.82) is 0 Å². The standard InChI is InChI=1S/C11H8ClFO3/c1-5-2-9-6(4-8(5)12)3-7(11(14)15)10(13)16-9/h2-4,10H,1H3,(H,14,15). The molecule has 1 heterocycles. The van der Waals surface area contributed by atoms with E-state index >= 15 is 0 Å². The summed E-state index contributed by atoms with van der Waals surface area (Å²) in [6.07, 6.45) is -0.706. The van der Waals surface area contributed by atoms with Gasteiger partial charge in [0.15, 0.2) is 0 Å². The molecule has 0 radical (unpaired) electrons. The van der Waals surface area contributed by atoms with Crippen molar-refractivity contribution >= 4 is 23.6 Å². The number of hydrogen-bond donors (Lipinski definition) is 1. The first-order chi connectivity index (χ1) is 7.49. The number of halogens is 2. The number of ether oxygens (including phenoxy) is 1. The second-order valence-corrected chi connectivity index (χ2v) is 3.89. The van der Waals surface area contributed by atoms with Gasteiger partial charge in [-0.05, 0) is 30.7 Å². The van der Waals surface area contributed by atoms with Gasteiger partial charge in [0.2, 0.25) is 0 Å². The first kappa shape index (κ1) is 11.0. The summed E-state index contributed by atoms with van der Waals surface area (Å²) < 4.78 is 18.2. The quantitative estimate of drug-likeness (QED) is 0.824. The summed E-state index contributed by atoms with van der Waals surface area (Å²) in [6.45, 7) is 1.76. The Morgan fingerprint density at radius 3 is 2.88 bits per heavy atom. The number of carboxylic acids is 1. The van der Waals surface area contributed by atoms with E-state index in [-0.39, 0.29) is 0 Å². The lowest BCUT2D eigenvalue weighted by molar-refractivity contribution is -0.134. The summed E-state index contributed by atoms with van der Waals surface area (Å²) in [6, 6.07) is 3.14. The zero-order valence-electron chi connectivity index (χ0n) is 8.33. The van der Waals surface area contributed by atoms with Crippen molar-refractivity contribution in [2.45, 2.75) is 13.3 Å². The van der Waals surface area contributed by atoms with Crippen molar-refractivity contribution in [1.82, 2.24) is 0 Å². The third-order valence-electron chi connectivity index (χ3n) is 2.32. The van der Waals surface area contributed by atoms with Crippen molar-refractivity contribution in [2.24, 2.45) is 0 Å². The van der Waals surface area contributed by atoms with E-state index in [1.165, 1.54) is 6.08 Å². The van der Waals surface area contributed by atoms with Gasteiger partial charge in [0, 0.05) is 10.6 Å². The van der Waals surface area contributed by atoms with E-state index in [0.717, 1.165) is 5.56 Å². The van der Waals surface area contributed by atoms with Crippen molar-refractivity contribution < 1.29 is 19.0 Å². The van der Waals surface area contributed by atoms with Crippen LogP contribution >= 0.6 is 11.6 Å². The van der Waals surface area contributed by atoms with E-state index < -0.39 is 17.9 Å². The van der Waals surface area contributed by atoms with Crippen molar-refractivity contribution in [2.75, 3.05) is 0 Å². The molecule has 1 aromatic carbocycles. The molecule has 1 unspecified atom stereocenters. The third-order valence-corrected chi connectivity index (χ3v) is 2.73. The highest BCUT2D eigenvalue weighted by molar-refractivity contribution is 6.31. The lowest BCUT2D eigenvalue weighted by atomic mass is 10.0. The predicted molar refractivity (Wildman–Crippen MR) is 57.3 cm³/mol. The van der Waals surface area contributed by atoms with Gasteiger partial charge >= 0.3 is 5.97 Å². The Hall–Kier alpha value is -1.55. The fourth-order valence-corrected chi connectivity index (χ4v) is 1.62. The molecule has 0 amide bonds. The van der Waals surface area contributed by atoms with Crippen LogP contribution < -0.4 is 4.74 Å². The van der Waals surface area contributed by atoms with Crippen LogP contribution in [0.3, 0.4) is 0 Å². The summed E-state index contributed by atoms with van der Waals surface area (Å²) in [4.78, 5) is 10.7. The third kappa shape index (κ3) is 1.76. The Morgan fingerprint density at radius 1 is 1.56 bits per heavy atom. The Kier molecular flexibility index (Phi) is 2.59. The molecular weight excluding hydrogens is 235 g/mol. The maximum Gasteiger partial charge on any atom is 0.338 e. The second-order valence-electron chi connectivity index (χ2n) is 3.48. The van der Waals surface area contributed by atoms with Gasteiger partial charge in [-0.25, -0.2) is 4.79 Å². The fourth-order valence-electron chi connectivity index (χ4n) is 1.45. The number of hydrogen-bond acceptors (Lipinski definition) is 2. The normalized spacial score (nSPS) is 18.4. The molecule has 2 rings (SSSR count). The largest absolute Gasteiger partial charge is 0.478 e. The zero-order chi connectivity index (χ0) is 11.9. The molecule has 5 heteroatoms. The van der Waals surface area contributed by atoms with E-state index in [1.807, 2.05) is 0 Å². The highest BCUT2D eigenvalue weighted by Gasteiger charge is 2.27. The molecular formula is C11H8ClFO3. The number of fused-ring (bicyclic) bond motifs is 1. The predicted octanol–water partition coefficient (Wildman–Crippen LogP) is 2.80. The van der Waals surface area contributed by atoms with Gasteiger partial charge in [0.25, 0.3) is 6.36 Å². The molecule has 1 atom stereocenters. The van der Waals surface area contributed by atoms with Gasteiger partial charge in [-0.15, -0.1) is 0 Å². The van der Waals surface area contributed by atoms with Crippen LogP contribution in [0.4, 0.5) is 4.39 Å². The van der Waals surface area contributed by atoms with Crippen molar-refractivity contribution in [3.8, 4) is 5.75 Å². The highest BCUT2D eigenvalue weighted by atomic mass is 35.5. The molecule has 84 valence electrons. The molecule has 0 saturated carbocycles. The van der Waals surface area contributed by atoms with Crippen LogP contribution in [0.1, 0.15) is 11.1 Å². The summed E-state index contributed by atoms with van der Waals surface area (Å²) in [5, 5.41) is 9.22. The minimum absolute atomic E-state index is 0.305. The van der Waals surface area contributed by atoms with Crippen LogP contribution in [0, 0.1) is 6.92 Å². The monoisotopic (exact) mass is 242 g/mol. The lowest BCUT2D eigenvalue weighted by Gasteiger charge is -2.20. The van der Waals surface area contributed by atoms with Crippen LogP contribution in [0.5, 0.6) is 5.75 Å². The molecule has 0 bridgehead atoms. The second kappa shape index (κ2) is 3.79. The Bertz CT molecular complexity index is 496. The highest BCUT2D eigenvalue weighted by Crippen LogP contribution is 2.34. The summed E-state index contributed by atoms with van der Waals surface area (Å²) >= 11 is 5.88. The molecule has 0 spiro atoms. The summed E-state index contributed by atoms with van der Waals surface area (Å²) in [5.41, 5.74) is 0.800. The van der Waals surface area contributed by atoms with Crippen LogP contribution in [0.15, 0.2) is 17.7 Å². The van der Waals surface area contributed by atoms with Crippen LogP contribution in [-0.4, -0.2) is 17.4 Å². The van der Waals surface area contributed by atoms with Crippen LogP contribution in [-0.2, 0) is 4.79 Å². The van der Waals surface area contributed by atoms with E-state index in [1.54, 1.807) is 19.1 Å². The van der Waals surface area contributed by atoms with Gasteiger partial charge in [-0.2, -0.15) is 4.39 Å². The fraction of sp³-hybridized carbons (Fsp3) is 0.182. The lowest BCUT2D eigenvalue weighted by Crippen LogP contribution is -2.22. The molecule has 0 fully saturated rings. The van der Waals surface area contributed by atoms with E-state index in [2.05, 4.69) is 0 Å². The van der Waals surface area contributed by atoms with E-state index in [4.69, 9.17) is 21.4 Å². The smallest absolute Gasteiger partial charge is 0.338 e. The minimum Gasteiger partial charge on any atom is -0.478 e. The number of carboxylic acid groups (broad SMARTS) is 1. The number of rotatable bonds is 1. The average Bonchev–Trinajstić information content (AvgIpc) is 2.19. The summed E-state index contributed by atoms with van der Waals surface area (Å²) in [7, 11) is 0. The van der Waals surface area contributed by atoms with Crippen molar-refractivity contribution in [3.05, 3.63) is 33.9 Å². The molecule has 0 aliphatic carbocycles. The van der Waals surface area contributed by atoms with Gasteiger partial charge in [0.05, 0.1) is 0 Å². The average molecular weight is 243 g/mol. The molecule has 1 aliphatic heterocycles. The summed E-state index contributed by atoms with van der Waals surface area (Å²) in [5.74, 6) is -1.03. The van der Waals surface area contributed by atoms with Gasteiger partial charge in [-0.3, -0.25) is 0 Å². The van der Waals surface area contributed by atoms with Crippen molar-refractivity contribution in [3.63, 3.8) is 0 Å². The van der Waals surface area contributed by atoms with Crippen LogP contribution in [0.2, 0.25) is 5.02 Å². The van der Waals surface area contributed by atoms with Crippen LogP contribution in [0.25, 0.3) is 6.08 Å². The first-order valence-electron chi connectivity index (χ1n) is 4.55. The number of carbonyl (C=O) groups is 1. The molecule has 1 aromatic rings. The Morgan fingerprint density at radius 2 is 2.25 bits per heavy atom. The topological polar surface area (TPSA) is 46.5 Å². The zero-order valence-corrected chi connectivity index (χ0v) is 9.08. The van der Waals surface area contributed by atoms with Gasteiger partial charge < -0.3 is 9.84 Å². The van der Waals surface area contributed by atoms with E-state index in [9.17, 15) is 9.18 Å². The first-order valence-corrected chi connectivity index (χ1v) is 4.92. The molecule has 0 saturated heterocycles. The SMILES string of the molecule is Cc1cc2c(cc1Cl)C=C(C(=O)O)C(F)O2. The molecule has 1 aliphatic rings. The maximum absolute atomic E-state index is 13.3. The molecule has 1 N–H and O–H groups in total. The Labute approximate surface area is 96.1 Å². The van der Waals surface area contributed by atoms with Gasteiger partial charge in [0.1, 0.15) is 11.3 Å². The number of aliphatic carboxylic acids is 1. The number of aryl methyl sites for hydroxylation is 1. The van der Waals surface area contributed by atoms with Gasteiger partial charge in [-0.1, -0.05) is 11.6 Å². The molecule has 0 aromatic heterocycles. The molecule has 3 nitrogen and oxygen atoms in total. The number of benzene rings is 1. The Balaban J connectivity index is 2.55. The number of alkyl halides is 1. The minimum atomic E-state index is -1.94. The molecule has 16 heavy (non-hydrogen) atoms.